The molecule has 0 heterocycles. The van der Waals surface area contributed by atoms with Gasteiger partial charge in [-0.3, -0.25) is 9.59 Å². The van der Waals surface area contributed by atoms with Crippen molar-refractivity contribution < 1.29 is 9.59 Å². The van der Waals surface area contributed by atoms with Crippen LogP contribution >= 0.6 is 0 Å². The zero-order chi connectivity index (χ0) is 15.1. The van der Waals surface area contributed by atoms with Gasteiger partial charge in [-0.2, -0.15) is 0 Å². The van der Waals surface area contributed by atoms with Crippen LogP contribution in [0.15, 0.2) is 24.3 Å². The van der Waals surface area contributed by atoms with Crippen LogP contribution in [-0.4, -0.2) is 25.4 Å². The molecule has 1 aliphatic carbocycles. The summed E-state index contributed by atoms with van der Waals surface area (Å²) in [5, 5.41) is 5.44. The number of hydrogen-bond donors (Lipinski definition) is 2. The average molecular weight is 284 g/mol. The number of carbonyl (C=O) groups excluding carboxylic acids is 2. The van der Waals surface area contributed by atoms with Gasteiger partial charge in [-0.15, -0.1) is 0 Å². The van der Waals surface area contributed by atoms with Gasteiger partial charge in [-0.05, 0) is 25.0 Å². The Bertz CT molecular complexity index is 578. The van der Waals surface area contributed by atoms with Crippen molar-refractivity contribution in [3.63, 3.8) is 0 Å². The van der Waals surface area contributed by atoms with Crippen molar-refractivity contribution in [3.8, 4) is 11.8 Å². The third-order valence-corrected chi connectivity index (χ3v) is 3.70. The summed E-state index contributed by atoms with van der Waals surface area (Å²) in [5.41, 5.74) is 1.22. The lowest BCUT2D eigenvalue weighted by Gasteiger charge is -2.07. The number of amides is 2. The van der Waals surface area contributed by atoms with Crippen molar-refractivity contribution in [2.24, 2.45) is 5.92 Å². The standard InChI is InChI=1S/C17H20N2O2/c1-18-17(21)15-11-5-4-7-13(15)10-6-12-19-16(20)14-8-2-3-9-14/h4-5,7,11,14H,2-3,8-9,12H2,1H3,(H,18,21)(H,19,20). The Morgan fingerprint density at radius 1 is 1.24 bits per heavy atom. The van der Waals surface area contributed by atoms with E-state index in [4.69, 9.17) is 0 Å². The summed E-state index contributed by atoms with van der Waals surface area (Å²) in [6, 6.07) is 7.18. The SMILES string of the molecule is CNC(=O)c1ccccc1C#CCNC(=O)C1CCCC1. The quantitative estimate of drug-likeness (QED) is 0.830. The van der Waals surface area contributed by atoms with Crippen LogP contribution in [-0.2, 0) is 4.79 Å². The normalized spacial score (nSPS) is 14.1. The van der Waals surface area contributed by atoms with E-state index in [2.05, 4.69) is 22.5 Å². The zero-order valence-electron chi connectivity index (χ0n) is 12.2. The summed E-state index contributed by atoms with van der Waals surface area (Å²) in [4.78, 5) is 23.5. The molecule has 2 N–H and O–H groups in total. The van der Waals surface area contributed by atoms with Gasteiger partial charge in [-0.1, -0.05) is 36.8 Å². The summed E-state index contributed by atoms with van der Waals surface area (Å²) in [7, 11) is 1.59. The van der Waals surface area contributed by atoms with Crippen molar-refractivity contribution in [3.05, 3.63) is 35.4 Å². The fourth-order valence-corrected chi connectivity index (χ4v) is 2.53. The second-order valence-electron chi connectivity index (χ2n) is 5.13. The lowest BCUT2D eigenvalue weighted by atomic mass is 10.1. The van der Waals surface area contributed by atoms with E-state index in [1.54, 1.807) is 25.2 Å². The third-order valence-electron chi connectivity index (χ3n) is 3.70. The lowest BCUT2D eigenvalue weighted by molar-refractivity contribution is -0.124. The van der Waals surface area contributed by atoms with E-state index in [-0.39, 0.29) is 17.7 Å². The lowest BCUT2D eigenvalue weighted by Crippen LogP contribution is -2.29. The maximum Gasteiger partial charge on any atom is 0.252 e. The average Bonchev–Trinajstić information content (AvgIpc) is 3.05. The Labute approximate surface area is 125 Å². The molecule has 1 fully saturated rings. The maximum absolute atomic E-state index is 11.8. The molecule has 0 spiro atoms. The van der Waals surface area contributed by atoms with Crippen molar-refractivity contribution in [2.75, 3.05) is 13.6 Å². The molecule has 0 unspecified atom stereocenters. The summed E-state index contributed by atoms with van der Waals surface area (Å²) in [6.45, 7) is 0.317. The molecule has 0 bridgehead atoms. The Hall–Kier alpha value is -2.28. The van der Waals surface area contributed by atoms with E-state index >= 15 is 0 Å². The van der Waals surface area contributed by atoms with Gasteiger partial charge in [0.05, 0.1) is 12.1 Å². The van der Waals surface area contributed by atoms with Gasteiger partial charge in [-0.25, -0.2) is 0 Å². The van der Waals surface area contributed by atoms with Gasteiger partial charge in [0.1, 0.15) is 0 Å². The topological polar surface area (TPSA) is 58.2 Å². The summed E-state index contributed by atoms with van der Waals surface area (Å²) in [6.07, 6.45) is 4.25. The van der Waals surface area contributed by atoms with Crippen LogP contribution in [0.4, 0.5) is 0 Å². The molecule has 0 radical (unpaired) electrons. The second-order valence-corrected chi connectivity index (χ2v) is 5.13. The fourth-order valence-electron chi connectivity index (χ4n) is 2.53. The Balaban J connectivity index is 1.93. The van der Waals surface area contributed by atoms with Crippen LogP contribution in [0.1, 0.15) is 41.6 Å². The molecule has 21 heavy (non-hydrogen) atoms. The number of benzene rings is 1. The first kappa shape index (κ1) is 15.1. The van der Waals surface area contributed by atoms with Crippen molar-refractivity contribution >= 4 is 11.8 Å². The molecule has 1 aliphatic rings. The van der Waals surface area contributed by atoms with Gasteiger partial charge in [0.15, 0.2) is 0 Å². The molecular formula is C17H20N2O2. The first-order valence-corrected chi connectivity index (χ1v) is 7.30. The minimum absolute atomic E-state index is 0.0985. The van der Waals surface area contributed by atoms with Crippen LogP contribution in [0.25, 0.3) is 0 Å². The fraction of sp³-hybridized carbons (Fsp3) is 0.412. The molecule has 1 saturated carbocycles. The Kier molecular flexibility index (Phi) is 5.39. The van der Waals surface area contributed by atoms with Gasteiger partial charge in [0.2, 0.25) is 5.91 Å². The maximum atomic E-state index is 11.8. The smallest absolute Gasteiger partial charge is 0.252 e. The van der Waals surface area contributed by atoms with Crippen LogP contribution in [0, 0.1) is 17.8 Å². The van der Waals surface area contributed by atoms with E-state index in [1.165, 1.54) is 0 Å². The number of carbonyl (C=O) groups is 2. The van der Waals surface area contributed by atoms with Gasteiger partial charge in [0.25, 0.3) is 5.91 Å². The van der Waals surface area contributed by atoms with E-state index < -0.39 is 0 Å². The molecule has 110 valence electrons. The number of hydrogen-bond acceptors (Lipinski definition) is 2. The predicted octanol–water partition coefficient (Wildman–Crippen LogP) is 1.70. The van der Waals surface area contributed by atoms with E-state index in [1.807, 2.05) is 6.07 Å². The first-order valence-electron chi connectivity index (χ1n) is 7.30. The molecule has 0 atom stereocenters. The summed E-state index contributed by atoms with van der Waals surface area (Å²) < 4.78 is 0. The molecule has 0 aliphatic heterocycles. The van der Waals surface area contributed by atoms with Crippen molar-refractivity contribution in [1.29, 1.82) is 0 Å². The van der Waals surface area contributed by atoms with E-state index in [0.29, 0.717) is 17.7 Å². The van der Waals surface area contributed by atoms with Crippen LogP contribution in [0.2, 0.25) is 0 Å². The highest BCUT2D eigenvalue weighted by molar-refractivity contribution is 5.96. The highest BCUT2D eigenvalue weighted by Crippen LogP contribution is 2.24. The van der Waals surface area contributed by atoms with Gasteiger partial charge >= 0.3 is 0 Å². The van der Waals surface area contributed by atoms with Crippen LogP contribution in [0.5, 0.6) is 0 Å². The van der Waals surface area contributed by atoms with Crippen molar-refractivity contribution in [1.82, 2.24) is 10.6 Å². The molecule has 4 nitrogen and oxygen atoms in total. The largest absolute Gasteiger partial charge is 0.355 e. The zero-order valence-corrected chi connectivity index (χ0v) is 12.2. The highest BCUT2D eigenvalue weighted by Gasteiger charge is 2.21. The van der Waals surface area contributed by atoms with E-state index in [0.717, 1.165) is 25.7 Å². The molecule has 0 saturated heterocycles. The summed E-state index contributed by atoms with van der Waals surface area (Å²) in [5.74, 6) is 5.96. The number of rotatable bonds is 3. The number of nitrogens with one attached hydrogen (secondary N) is 2. The van der Waals surface area contributed by atoms with Gasteiger partial charge in [0, 0.05) is 18.5 Å². The summed E-state index contributed by atoms with van der Waals surface area (Å²) >= 11 is 0. The first-order chi connectivity index (χ1) is 10.2. The molecule has 4 heteroatoms. The van der Waals surface area contributed by atoms with Crippen molar-refractivity contribution in [2.45, 2.75) is 25.7 Å². The van der Waals surface area contributed by atoms with E-state index in [9.17, 15) is 9.59 Å². The monoisotopic (exact) mass is 284 g/mol. The molecular weight excluding hydrogens is 264 g/mol. The molecule has 1 aromatic carbocycles. The Morgan fingerprint density at radius 2 is 1.95 bits per heavy atom. The van der Waals surface area contributed by atoms with Crippen LogP contribution < -0.4 is 10.6 Å². The second kappa shape index (κ2) is 7.49. The molecule has 0 aromatic heterocycles. The molecule has 1 aromatic rings. The minimum atomic E-state index is -0.158. The third kappa shape index (κ3) is 4.09. The highest BCUT2D eigenvalue weighted by atomic mass is 16.2. The van der Waals surface area contributed by atoms with Gasteiger partial charge < -0.3 is 10.6 Å². The predicted molar refractivity (Wildman–Crippen MR) is 81.7 cm³/mol. The minimum Gasteiger partial charge on any atom is -0.355 e. The Morgan fingerprint density at radius 3 is 2.67 bits per heavy atom. The van der Waals surface area contributed by atoms with Crippen LogP contribution in [0.3, 0.4) is 0 Å². The molecule has 2 rings (SSSR count). The molecule has 2 amide bonds.